The molecule has 0 radical (unpaired) electrons. The summed E-state index contributed by atoms with van der Waals surface area (Å²) in [5, 5.41) is 2.95. The summed E-state index contributed by atoms with van der Waals surface area (Å²) in [6, 6.07) is 3.69. The number of hydrogen-bond acceptors (Lipinski definition) is 3. The quantitative estimate of drug-likeness (QED) is 0.790. The number of nitrogens with one attached hydrogen (secondary N) is 1. The van der Waals surface area contributed by atoms with Gasteiger partial charge >= 0.3 is 0 Å². The summed E-state index contributed by atoms with van der Waals surface area (Å²) >= 11 is 0. The number of carbonyl (C=O) groups excluding carboxylic acids is 1. The predicted octanol–water partition coefficient (Wildman–Crippen LogP) is 0.623. The fourth-order valence-corrected chi connectivity index (χ4v) is 1.49. The van der Waals surface area contributed by atoms with Crippen molar-refractivity contribution >= 4 is 17.3 Å². The molecule has 3 N–H and O–H groups in total. The summed E-state index contributed by atoms with van der Waals surface area (Å²) in [5.74, 6) is -0.493. The molecular formula is C11H12N4O. The van der Waals surface area contributed by atoms with E-state index in [1.54, 1.807) is 17.6 Å². The second-order valence-electron chi connectivity index (χ2n) is 3.38. The molecule has 5 heteroatoms. The molecule has 5 nitrogen and oxygen atoms in total. The summed E-state index contributed by atoms with van der Waals surface area (Å²) in [6.07, 6.45) is 3.21. The first-order valence-electron chi connectivity index (χ1n) is 4.77. The van der Waals surface area contributed by atoms with Crippen molar-refractivity contribution in [1.29, 1.82) is 0 Å². The Balaban J connectivity index is 2.57. The number of pyridine rings is 1. The first-order chi connectivity index (χ1) is 7.63. The number of imidazole rings is 1. The molecule has 2 aromatic heterocycles. The van der Waals surface area contributed by atoms with Gasteiger partial charge in [-0.3, -0.25) is 9.20 Å². The molecule has 1 amide bonds. The zero-order chi connectivity index (χ0) is 11.7. The summed E-state index contributed by atoms with van der Waals surface area (Å²) in [4.78, 5) is 15.2. The number of primary amides is 1. The van der Waals surface area contributed by atoms with E-state index < -0.39 is 5.91 Å². The van der Waals surface area contributed by atoms with Crippen molar-refractivity contribution in [3.8, 4) is 0 Å². The average molecular weight is 216 g/mol. The van der Waals surface area contributed by atoms with Crippen LogP contribution in [-0.4, -0.2) is 22.3 Å². The highest BCUT2D eigenvalue weighted by Crippen LogP contribution is 2.13. The molecule has 2 rings (SSSR count). The predicted molar refractivity (Wildman–Crippen MR) is 61.8 cm³/mol. The van der Waals surface area contributed by atoms with Gasteiger partial charge in [0.25, 0.3) is 5.91 Å². The summed E-state index contributed by atoms with van der Waals surface area (Å²) in [6.45, 7) is 3.85. The van der Waals surface area contributed by atoms with E-state index in [0.29, 0.717) is 11.3 Å². The third-order valence-electron chi connectivity index (χ3n) is 2.42. The lowest BCUT2D eigenvalue weighted by atomic mass is 10.2. The second-order valence-corrected chi connectivity index (χ2v) is 3.38. The molecule has 0 saturated carbocycles. The van der Waals surface area contributed by atoms with Crippen molar-refractivity contribution in [3.05, 3.63) is 42.4 Å². The van der Waals surface area contributed by atoms with Gasteiger partial charge in [-0.05, 0) is 12.1 Å². The number of rotatable bonds is 3. The maximum atomic E-state index is 11.1. The lowest BCUT2D eigenvalue weighted by Gasteiger charge is -2.05. The average Bonchev–Trinajstić information content (AvgIpc) is 2.70. The van der Waals surface area contributed by atoms with Gasteiger partial charge < -0.3 is 11.1 Å². The Morgan fingerprint density at radius 1 is 1.62 bits per heavy atom. The number of hydrogen-bond donors (Lipinski definition) is 2. The summed E-state index contributed by atoms with van der Waals surface area (Å²) < 4.78 is 1.65. The van der Waals surface area contributed by atoms with Crippen LogP contribution < -0.4 is 11.1 Å². The first-order valence-corrected chi connectivity index (χ1v) is 4.77. The molecule has 0 bridgehead atoms. The molecule has 0 unspecified atom stereocenters. The Hall–Kier alpha value is -2.30. The first kappa shape index (κ1) is 10.2. The number of carbonyl (C=O) groups is 1. The SMILES string of the molecule is C=C(NC)c1ccn2c(C(N)=O)cnc2c1. The van der Waals surface area contributed by atoms with Crippen molar-refractivity contribution in [2.24, 2.45) is 5.73 Å². The van der Waals surface area contributed by atoms with Gasteiger partial charge in [0.1, 0.15) is 11.3 Å². The van der Waals surface area contributed by atoms with Crippen LogP contribution in [0.2, 0.25) is 0 Å². The third kappa shape index (κ3) is 1.52. The van der Waals surface area contributed by atoms with E-state index >= 15 is 0 Å². The van der Waals surface area contributed by atoms with Gasteiger partial charge in [-0.2, -0.15) is 0 Å². The van der Waals surface area contributed by atoms with Crippen molar-refractivity contribution in [2.45, 2.75) is 0 Å². The van der Waals surface area contributed by atoms with Crippen LogP contribution in [0, 0.1) is 0 Å². The standard InChI is InChI=1S/C11H12N4O/c1-7(13-2)8-3-4-15-9(11(12)16)6-14-10(15)5-8/h3-6,13H,1H2,2H3,(H2,12,16). The number of nitrogens with two attached hydrogens (primary N) is 1. The minimum atomic E-state index is -0.493. The van der Waals surface area contributed by atoms with Gasteiger partial charge in [-0.1, -0.05) is 6.58 Å². The van der Waals surface area contributed by atoms with Crippen LogP contribution in [-0.2, 0) is 0 Å². The Bertz CT molecular complexity index is 570. The normalized spacial score (nSPS) is 10.3. The largest absolute Gasteiger partial charge is 0.388 e. The maximum absolute atomic E-state index is 11.1. The minimum absolute atomic E-state index is 0.372. The zero-order valence-electron chi connectivity index (χ0n) is 8.90. The highest BCUT2D eigenvalue weighted by atomic mass is 16.1. The van der Waals surface area contributed by atoms with Crippen LogP contribution in [0.4, 0.5) is 0 Å². The maximum Gasteiger partial charge on any atom is 0.267 e. The highest BCUT2D eigenvalue weighted by molar-refractivity contribution is 5.91. The number of fused-ring (bicyclic) bond motifs is 1. The highest BCUT2D eigenvalue weighted by Gasteiger charge is 2.08. The van der Waals surface area contributed by atoms with E-state index in [1.807, 2.05) is 12.1 Å². The fraction of sp³-hybridized carbons (Fsp3) is 0.0909. The van der Waals surface area contributed by atoms with E-state index in [-0.39, 0.29) is 0 Å². The van der Waals surface area contributed by atoms with Crippen molar-refractivity contribution < 1.29 is 4.79 Å². The van der Waals surface area contributed by atoms with E-state index in [2.05, 4.69) is 16.9 Å². The summed E-state index contributed by atoms with van der Waals surface area (Å²) in [5.41, 5.74) is 7.98. The molecule has 0 aliphatic rings. The van der Waals surface area contributed by atoms with Crippen molar-refractivity contribution in [2.75, 3.05) is 7.05 Å². The number of aromatic nitrogens is 2. The molecule has 0 spiro atoms. The van der Waals surface area contributed by atoms with Gasteiger partial charge in [0.15, 0.2) is 0 Å². The molecule has 16 heavy (non-hydrogen) atoms. The minimum Gasteiger partial charge on any atom is -0.388 e. The molecule has 0 aromatic carbocycles. The molecular weight excluding hydrogens is 204 g/mol. The van der Waals surface area contributed by atoms with Crippen LogP contribution in [0.5, 0.6) is 0 Å². The number of nitrogens with zero attached hydrogens (tertiary/aromatic N) is 2. The molecule has 0 saturated heterocycles. The van der Waals surface area contributed by atoms with Crippen molar-refractivity contribution in [1.82, 2.24) is 14.7 Å². The Morgan fingerprint density at radius 3 is 3.00 bits per heavy atom. The van der Waals surface area contributed by atoms with Crippen LogP contribution in [0.1, 0.15) is 16.1 Å². The molecule has 0 atom stereocenters. The second kappa shape index (κ2) is 3.69. The molecule has 0 aliphatic heterocycles. The smallest absolute Gasteiger partial charge is 0.267 e. The van der Waals surface area contributed by atoms with Crippen LogP contribution >= 0.6 is 0 Å². The molecule has 0 fully saturated rings. The Morgan fingerprint density at radius 2 is 2.38 bits per heavy atom. The van der Waals surface area contributed by atoms with Crippen LogP contribution in [0.3, 0.4) is 0 Å². The number of amides is 1. The Kier molecular flexibility index (Phi) is 2.36. The van der Waals surface area contributed by atoms with Crippen molar-refractivity contribution in [3.63, 3.8) is 0 Å². The van der Waals surface area contributed by atoms with Crippen LogP contribution in [0.15, 0.2) is 31.1 Å². The summed E-state index contributed by atoms with van der Waals surface area (Å²) in [7, 11) is 1.80. The molecule has 2 heterocycles. The van der Waals surface area contributed by atoms with Gasteiger partial charge in [-0.25, -0.2) is 4.98 Å². The lowest BCUT2D eigenvalue weighted by Crippen LogP contribution is -2.13. The van der Waals surface area contributed by atoms with Crippen LogP contribution in [0.25, 0.3) is 11.3 Å². The third-order valence-corrected chi connectivity index (χ3v) is 2.42. The van der Waals surface area contributed by atoms with Gasteiger partial charge in [0, 0.05) is 24.5 Å². The molecule has 0 aliphatic carbocycles. The van der Waals surface area contributed by atoms with Gasteiger partial charge in [0.05, 0.1) is 6.20 Å². The van der Waals surface area contributed by atoms with E-state index in [9.17, 15) is 4.79 Å². The monoisotopic (exact) mass is 216 g/mol. The topological polar surface area (TPSA) is 72.4 Å². The van der Waals surface area contributed by atoms with Gasteiger partial charge in [-0.15, -0.1) is 0 Å². The van der Waals surface area contributed by atoms with Gasteiger partial charge in [0.2, 0.25) is 0 Å². The van der Waals surface area contributed by atoms with E-state index in [1.165, 1.54) is 6.20 Å². The molecule has 82 valence electrons. The zero-order valence-corrected chi connectivity index (χ0v) is 8.90. The Labute approximate surface area is 92.6 Å². The van der Waals surface area contributed by atoms with E-state index in [0.717, 1.165) is 11.3 Å². The lowest BCUT2D eigenvalue weighted by molar-refractivity contribution is 0.0995. The fourth-order valence-electron chi connectivity index (χ4n) is 1.49. The van der Waals surface area contributed by atoms with E-state index in [4.69, 9.17) is 5.73 Å². The molecule has 2 aromatic rings.